The maximum atomic E-state index is 12.2. The number of benzene rings is 2. The fraction of sp³-hybridized carbons (Fsp3) is 0.263. The Hall–Kier alpha value is -3.35. The summed E-state index contributed by atoms with van der Waals surface area (Å²) in [5, 5.41) is 17.1. The summed E-state index contributed by atoms with van der Waals surface area (Å²) in [7, 11) is -4.04. The topological polar surface area (TPSA) is 156 Å². The van der Waals surface area contributed by atoms with Crippen molar-refractivity contribution in [1.29, 1.82) is 0 Å². The molecule has 31 heavy (non-hydrogen) atoms. The summed E-state index contributed by atoms with van der Waals surface area (Å²) < 4.78 is 23.0. The number of nitrogens with two attached hydrogens (primary N) is 1. The third kappa shape index (κ3) is 4.40. The summed E-state index contributed by atoms with van der Waals surface area (Å²) in [6.45, 7) is 2.61. The number of primary sulfonamides is 1. The summed E-state index contributed by atoms with van der Waals surface area (Å²) in [6, 6.07) is 10.8. The van der Waals surface area contributed by atoms with Crippen molar-refractivity contribution < 1.29 is 13.3 Å². The molecule has 0 spiro atoms. The van der Waals surface area contributed by atoms with Gasteiger partial charge in [-0.25, -0.2) is 18.5 Å². The van der Waals surface area contributed by atoms with Crippen LogP contribution in [-0.4, -0.2) is 54.4 Å². The van der Waals surface area contributed by atoms with E-state index in [4.69, 9.17) is 5.14 Å². The molecule has 12 heteroatoms. The predicted octanol–water partition coefficient (Wildman–Crippen LogP) is 0.801. The second kappa shape index (κ2) is 8.06. The minimum atomic E-state index is -4.04. The van der Waals surface area contributed by atoms with Crippen LogP contribution in [0.15, 0.2) is 52.2 Å². The Kier molecular flexibility index (Phi) is 5.43. The van der Waals surface area contributed by atoms with E-state index >= 15 is 0 Å². The van der Waals surface area contributed by atoms with Crippen molar-refractivity contribution in [2.75, 3.05) is 31.1 Å². The first-order chi connectivity index (χ1) is 14.7. The Morgan fingerprint density at radius 2 is 1.84 bits per heavy atom. The predicted molar refractivity (Wildman–Crippen MR) is 114 cm³/mol. The average molecular weight is 444 g/mol. The number of piperazine rings is 1. The molecule has 162 valence electrons. The number of hydrogen-bond acceptors (Lipinski definition) is 8. The number of nitrogens with one attached hydrogen (secondary N) is 1. The first-order valence-corrected chi connectivity index (χ1v) is 11.0. The molecular weight excluding hydrogens is 424 g/mol. The van der Waals surface area contributed by atoms with Crippen molar-refractivity contribution in [1.82, 2.24) is 14.9 Å². The minimum Gasteiger partial charge on any atom is -0.363 e. The number of aromatic nitrogens is 2. The smallest absolute Gasteiger partial charge is 0.293 e. The van der Waals surface area contributed by atoms with Crippen LogP contribution in [0.3, 0.4) is 0 Å². The van der Waals surface area contributed by atoms with E-state index in [0.29, 0.717) is 55.1 Å². The lowest BCUT2D eigenvalue weighted by molar-refractivity contribution is -0.384. The zero-order chi connectivity index (χ0) is 22.2. The summed E-state index contributed by atoms with van der Waals surface area (Å²) in [4.78, 5) is 34.0. The van der Waals surface area contributed by atoms with Crippen molar-refractivity contribution >= 4 is 32.3 Å². The van der Waals surface area contributed by atoms with E-state index in [1.54, 1.807) is 18.2 Å². The van der Waals surface area contributed by atoms with Gasteiger partial charge in [-0.1, -0.05) is 12.1 Å². The van der Waals surface area contributed by atoms with Gasteiger partial charge in [0.2, 0.25) is 10.0 Å². The van der Waals surface area contributed by atoms with Crippen molar-refractivity contribution in [3.8, 4) is 0 Å². The number of anilines is 1. The van der Waals surface area contributed by atoms with E-state index in [0.717, 1.165) is 6.07 Å². The van der Waals surface area contributed by atoms with Gasteiger partial charge < -0.3 is 9.88 Å². The molecule has 0 unspecified atom stereocenters. The van der Waals surface area contributed by atoms with Crippen LogP contribution in [0, 0.1) is 10.1 Å². The van der Waals surface area contributed by atoms with E-state index in [1.165, 1.54) is 12.1 Å². The number of nitro benzene ring substituents is 1. The van der Waals surface area contributed by atoms with Gasteiger partial charge in [-0.3, -0.25) is 19.8 Å². The molecule has 0 aliphatic carbocycles. The molecule has 1 aliphatic heterocycles. The highest BCUT2D eigenvalue weighted by atomic mass is 32.2. The highest BCUT2D eigenvalue weighted by Gasteiger charge is 2.26. The van der Waals surface area contributed by atoms with Crippen LogP contribution >= 0.6 is 0 Å². The zero-order valence-electron chi connectivity index (χ0n) is 16.4. The Bertz CT molecular complexity index is 1310. The maximum absolute atomic E-state index is 12.2. The first-order valence-electron chi connectivity index (χ1n) is 9.49. The summed E-state index contributed by atoms with van der Waals surface area (Å²) in [5.41, 5.74) is 0.477. The molecule has 3 N–H and O–H groups in total. The fourth-order valence-corrected chi connectivity index (χ4v) is 4.20. The molecule has 1 saturated heterocycles. The van der Waals surface area contributed by atoms with Gasteiger partial charge in [0.25, 0.3) is 11.2 Å². The number of rotatable bonds is 5. The number of para-hydroxylation sites is 1. The monoisotopic (exact) mass is 444 g/mol. The highest BCUT2D eigenvalue weighted by Crippen LogP contribution is 2.31. The van der Waals surface area contributed by atoms with E-state index in [9.17, 15) is 23.3 Å². The minimum absolute atomic E-state index is 0.190. The first kappa shape index (κ1) is 20.9. The van der Waals surface area contributed by atoms with Gasteiger partial charge in [0.15, 0.2) is 0 Å². The second-order valence-electron chi connectivity index (χ2n) is 7.25. The number of hydrogen-bond donors (Lipinski definition) is 2. The van der Waals surface area contributed by atoms with Gasteiger partial charge in [0, 0.05) is 32.2 Å². The van der Waals surface area contributed by atoms with E-state index in [2.05, 4.69) is 14.9 Å². The van der Waals surface area contributed by atoms with Gasteiger partial charge in [0.1, 0.15) is 11.5 Å². The fourth-order valence-electron chi connectivity index (χ4n) is 3.66. The number of sulfonamides is 1. The quantitative estimate of drug-likeness (QED) is 0.432. The Balaban J connectivity index is 1.49. The van der Waals surface area contributed by atoms with Gasteiger partial charge >= 0.3 is 0 Å². The van der Waals surface area contributed by atoms with Crippen LogP contribution in [0.25, 0.3) is 10.9 Å². The molecule has 2 heterocycles. The molecule has 0 bridgehead atoms. The molecular formula is C19H20N6O5S. The number of fused-ring (bicyclic) bond motifs is 1. The van der Waals surface area contributed by atoms with Gasteiger partial charge in [-0.2, -0.15) is 0 Å². The van der Waals surface area contributed by atoms with Crippen LogP contribution in [-0.2, 0) is 16.6 Å². The molecule has 0 radical (unpaired) electrons. The number of H-pyrrole nitrogens is 1. The molecule has 0 atom stereocenters. The van der Waals surface area contributed by atoms with Crippen molar-refractivity contribution in [2.24, 2.45) is 5.14 Å². The molecule has 1 aromatic heterocycles. The lowest BCUT2D eigenvalue weighted by Crippen LogP contribution is -2.46. The van der Waals surface area contributed by atoms with Crippen LogP contribution < -0.4 is 15.6 Å². The molecule has 4 rings (SSSR count). The van der Waals surface area contributed by atoms with Crippen LogP contribution in [0.2, 0.25) is 0 Å². The third-order valence-electron chi connectivity index (χ3n) is 5.22. The van der Waals surface area contributed by atoms with Gasteiger partial charge in [-0.15, -0.1) is 0 Å². The normalized spacial score (nSPS) is 15.3. The van der Waals surface area contributed by atoms with Crippen LogP contribution in [0.5, 0.6) is 0 Å². The average Bonchev–Trinajstić information content (AvgIpc) is 2.73. The third-order valence-corrected chi connectivity index (χ3v) is 6.13. The molecule has 0 amide bonds. The summed E-state index contributed by atoms with van der Waals surface area (Å²) in [5.74, 6) is 0.556. The highest BCUT2D eigenvalue weighted by molar-refractivity contribution is 7.89. The van der Waals surface area contributed by atoms with Crippen LogP contribution in [0.4, 0.5) is 11.4 Å². The molecule has 0 saturated carbocycles. The van der Waals surface area contributed by atoms with Gasteiger partial charge in [0.05, 0.1) is 27.3 Å². The molecule has 11 nitrogen and oxygen atoms in total. The largest absolute Gasteiger partial charge is 0.363 e. The van der Waals surface area contributed by atoms with Crippen molar-refractivity contribution in [3.63, 3.8) is 0 Å². The maximum Gasteiger partial charge on any atom is 0.293 e. The molecule has 1 aliphatic rings. The SMILES string of the molecule is NS(=O)(=O)c1ccc(N2CCN(Cc3nc4ccccc4c(=O)[nH]3)CC2)c([N+](=O)[O-])c1. The Labute approximate surface area is 177 Å². The molecule has 1 fully saturated rings. The summed E-state index contributed by atoms with van der Waals surface area (Å²) >= 11 is 0. The Morgan fingerprint density at radius 1 is 1.13 bits per heavy atom. The number of nitrogens with zero attached hydrogens (tertiary/aromatic N) is 4. The van der Waals surface area contributed by atoms with Gasteiger partial charge in [-0.05, 0) is 24.3 Å². The zero-order valence-corrected chi connectivity index (χ0v) is 17.2. The lowest BCUT2D eigenvalue weighted by Gasteiger charge is -2.35. The molecule has 2 aromatic carbocycles. The van der Waals surface area contributed by atoms with E-state index in [1.807, 2.05) is 11.0 Å². The van der Waals surface area contributed by atoms with Crippen molar-refractivity contribution in [2.45, 2.75) is 11.4 Å². The van der Waals surface area contributed by atoms with Crippen molar-refractivity contribution in [3.05, 3.63) is 68.8 Å². The van der Waals surface area contributed by atoms with E-state index < -0.39 is 14.9 Å². The van der Waals surface area contributed by atoms with Crippen LogP contribution in [0.1, 0.15) is 5.82 Å². The number of nitro groups is 1. The Morgan fingerprint density at radius 3 is 2.52 bits per heavy atom. The second-order valence-corrected chi connectivity index (χ2v) is 8.81. The lowest BCUT2D eigenvalue weighted by atomic mass is 10.2. The molecule has 3 aromatic rings. The summed E-state index contributed by atoms with van der Waals surface area (Å²) in [6.07, 6.45) is 0. The number of aromatic amines is 1. The van der Waals surface area contributed by atoms with E-state index in [-0.39, 0.29) is 16.1 Å². The standard InChI is InChI=1S/C19H20N6O5S/c20-31(29,30)13-5-6-16(17(11-13)25(27)28)24-9-7-23(8-10-24)12-18-21-15-4-2-1-3-14(15)19(26)22-18/h1-6,11H,7-10,12H2,(H2,20,29,30)(H,21,22,26).